The normalized spacial score (nSPS) is 15.7. The Morgan fingerprint density at radius 3 is 2.55 bits per heavy atom. The molecule has 178 valence electrons. The molecule has 8 nitrogen and oxygen atoms in total. The van der Waals surface area contributed by atoms with Crippen LogP contribution in [0, 0.1) is 6.92 Å². The topological polar surface area (TPSA) is 76.3 Å². The number of piperidine rings is 1. The number of carbonyl (C=O) groups is 1. The highest BCUT2D eigenvalue weighted by Crippen LogP contribution is 2.27. The van der Waals surface area contributed by atoms with Gasteiger partial charge in [-0.1, -0.05) is 12.1 Å². The number of ether oxygens (including phenoxy) is 1. The van der Waals surface area contributed by atoms with E-state index < -0.39 is 5.60 Å². The molecule has 4 rings (SSSR count). The Morgan fingerprint density at radius 1 is 1.15 bits per heavy atom. The number of alkyl carbamates (subject to hydrolysis) is 1. The largest absolute Gasteiger partial charge is 0.444 e. The summed E-state index contributed by atoms with van der Waals surface area (Å²) in [5.74, 6) is 2.00. The van der Waals surface area contributed by atoms with Crippen molar-refractivity contribution in [1.29, 1.82) is 0 Å². The molecule has 0 unspecified atom stereocenters. The maximum absolute atomic E-state index is 11.8. The fraction of sp³-hybridized carbons (Fsp3) is 0.520. The van der Waals surface area contributed by atoms with Crippen LogP contribution >= 0.6 is 0 Å². The average molecular weight is 453 g/mol. The number of rotatable bonds is 6. The average Bonchev–Trinajstić information content (AvgIpc) is 3.27. The maximum Gasteiger partial charge on any atom is 0.407 e. The quantitative estimate of drug-likeness (QED) is 0.590. The summed E-state index contributed by atoms with van der Waals surface area (Å²) in [4.78, 5) is 19.1. The molecule has 8 heteroatoms. The second-order valence-corrected chi connectivity index (χ2v) is 9.84. The Labute approximate surface area is 195 Å². The third kappa shape index (κ3) is 5.50. The molecule has 1 aliphatic heterocycles. The molecule has 0 spiro atoms. The monoisotopic (exact) mass is 452 g/mol. The molecule has 0 bridgehead atoms. The zero-order valence-corrected chi connectivity index (χ0v) is 20.4. The minimum atomic E-state index is -0.470. The van der Waals surface area contributed by atoms with E-state index in [1.54, 1.807) is 0 Å². The Kier molecular flexibility index (Phi) is 6.65. The Morgan fingerprint density at radius 2 is 1.88 bits per heavy atom. The van der Waals surface area contributed by atoms with Crippen LogP contribution in [0.1, 0.15) is 39.3 Å². The minimum absolute atomic E-state index is 0.353. The fourth-order valence-electron chi connectivity index (χ4n) is 4.29. The number of imidazole rings is 1. The summed E-state index contributed by atoms with van der Waals surface area (Å²) < 4.78 is 9.72. The zero-order valence-electron chi connectivity index (χ0n) is 20.4. The molecule has 1 amide bonds. The van der Waals surface area contributed by atoms with Crippen molar-refractivity contribution in [2.75, 3.05) is 31.5 Å². The summed E-state index contributed by atoms with van der Waals surface area (Å²) in [6.45, 7) is 11.1. The van der Waals surface area contributed by atoms with E-state index in [-0.39, 0.29) is 6.09 Å². The van der Waals surface area contributed by atoms with Gasteiger partial charge in [-0.2, -0.15) is 0 Å². The first-order chi connectivity index (χ1) is 15.7. The van der Waals surface area contributed by atoms with Crippen LogP contribution in [0.2, 0.25) is 0 Å². The van der Waals surface area contributed by atoms with Gasteiger partial charge in [-0.25, -0.2) is 9.78 Å². The molecule has 0 atom stereocenters. The lowest BCUT2D eigenvalue weighted by Crippen LogP contribution is -2.43. The van der Waals surface area contributed by atoms with Gasteiger partial charge in [-0.15, -0.1) is 0 Å². The van der Waals surface area contributed by atoms with Crippen molar-refractivity contribution < 1.29 is 9.53 Å². The van der Waals surface area contributed by atoms with Gasteiger partial charge < -0.3 is 24.8 Å². The number of benzene rings is 1. The Hall–Kier alpha value is -3.00. The van der Waals surface area contributed by atoms with Crippen molar-refractivity contribution in [2.24, 2.45) is 7.05 Å². The van der Waals surface area contributed by atoms with E-state index in [0.29, 0.717) is 12.6 Å². The van der Waals surface area contributed by atoms with Gasteiger partial charge in [0.25, 0.3) is 0 Å². The van der Waals surface area contributed by atoms with Crippen LogP contribution in [0.25, 0.3) is 16.9 Å². The molecule has 33 heavy (non-hydrogen) atoms. The number of nitrogens with zero attached hydrogens (tertiary/aromatic N) is 4. The molecule has 0 aliphatic carbocycles. The number of likely N-dealkylation sites (tertiary alicyclic amines) is 1. The number of aromatic nitrogens is 3. The van der Waals surface area contributed by atoms with Crippen LogP contribution in [0.5, 0.6) is 0 Å². The number of hydrogen-bond donors (Lipinski definition) is 2. The molecule has 2 aromatic heterocycles. The SMILES string of the molecule is Cc1ccc(-n2c(NC3CCN(CCNC(=O)OC(C)(C)C)CC3)nc3ccccc32)n1C. The van der Waals surface area contributed by atoms with Gasteiger partial charge >= 0.3 is 6.09 Å². The summed E-state index contributed by atoms with van der Waals surface area (Å²) in [7, 11) is 2.09. The van der Waals surface area contributed by atoms with Crippen LogP contribution in [0.15, 0.2) is 36.4 Å². The van der Waals surface area contributed by atoms with E-state index >= 15 is 0 Å². The maximum atomic E-state index is 11.8. The smallest absolute Gasteiger partial charge is 0.407 e. The summed E-state index contributed by atoms with van der Waals surface area (Å²) in [6.07, 6.45) is 1.71. The van der Waals surface area contributed by atoms with Crippen molar-refractivity contribution >= 4 is 23.1 Å². The van der Waals surface area contributed by atoms with Gasteiger partial charge in [0.15, 0.2) is 0 Å². The molecule has 0 saturated carbocycles. The van der Waals surface area contributed by atoms with Crippen molar-refractivity contribution in [3.63, 3.8) is 0 Å². The van der Waals surface area contributed by atoms with E-state index in [2.05, 4.69) is 69.0 Å². The molecule has 1 fully saturated rings. The molecule has 3 heterocycles. The third-order valence-electron chi connectivity index (χ3n) is 6.15. The van der Waals surface area contributed by atoms with Crippen molar-refractivity contribution in [1.82, 2.24) is 24.3 Å². The van der Waals surface area contributed by atoms with Crippen LogP contribution in [-0.2, 0) is 11.8 Å². The highest BCUT2D eigenvalue weighted by molar-refractivity contribution is 5.81. The minimum Gasteiger partial charge on any atom is -0.444 e. The molecule has 3 aromatic rings. The van der Waals surface area contributed by atoms with Crippen LogP contribution < -0.4 is 10.6 Å². The van der Waals surface area contributed by atoms with Gasteiger partial charge in [0.05, 0.1) is 11.0 Å². The lowest BCUT2D eigenvalue weighted by Gasteiger charge is -2.32. The Bertz CT molecular complexity index is 1100. The second kappa shape index (κ2) is 9.47. The van der Waals surface area contributed by atoms with E-state index in [1.165, 1.54) is 5.69 Å². The predicted molar refractivity (Wildman–Crippen MR) is 132 cm³/mol. The molecule has 1 aliphatic rings. The van der Waals surface area contributed by atoms with E-state index in [4.69, 9.17) is 9.72 Å². The van der Waals surface area contributed by atoms with Gasteiger partial charge in [-0.05, 0) is 64.8 Å². The van der Waals surface area contributed by atoms with Gasteiger partial charge in [0, 0.05) is 45.0 Å². The zero-order chi connectivity index (χ0) is 23.6. The number of hydrogen-bond acceptors (Lipinski definition) is 5. The van der Waals surface area contributed by atoms with Crippen molar-refractivity contribution in [2.45, 2.75) is 52.2 Å². The number of fused-ring (bicyclic) bond motifs is 1. The van der Waals surface area contributed by atoms with Gasteiger partial charge in [0.2, 0.25) is 5.95 Å². The second-order valence-electron chi connectivity index (χ2n) is 9.84. The molecule has 0 radical (unpaired) electrons. The molecule has 1 saturated heterocycles. The number of aryl methyl sites for hydroxylation is 1. The van der Waals surface area contributed by atoms with Crippen LogP contribution in [-0.4, -0.2) is 62.9 Å². The van der Waals surface area contributed by atoms with Gasteiger partial charge in [0.1, 0.15) is 11.4 Å². The lowest BCUT2D eigenvalue weighted by molar-refractivity contribution is 0.0520. The number of carbonyl (C=O) groups excluding carboxylic acids is 1. The Balaban J connectivity index is 1.36. The number of anilines is 1. The van der Waals surface area contributed by atoms with Crippen LogP contribution in [0.4, 0.5) is 10.7 Å². The molecular weight excluding hydrogens is 416 g/mol. The summed E-state index contributed by atoms with van der Waals surface area (Å²) in [5.41, 5.74) is 2.83. The highest BCUT2D eigenvalue weighted by atomic mass is 16.6. The lowest BCUT2D eigenvalue weighted by atomic mass is 10.1. The van der Waals surface area contributed by atoms with E-state index in [1.807, 2.05) is 26.8 Å². The first kappa shape index (κ1) is 23.2. The standard InChI is InChI=1S/C25H36N6O2/c1-18-10-11-22(29(18)5)31-21-9-7-6-8-20(21)28-23(31)27-19-12-15-30(16-13-19)17-14-26-24(32)33-25(2,3)4/h6-11,19H,12-17H2,1-5H3,(H,26,32)(H,27,28). The highest BCUT2D eigenvalue weighted by Gasteiger charge is 2.23. The van der Waals surface area contributed by atoms with E-state index in [0.717, 1.165) is 55.3 Å². The van der Waals surface area contributed by atoms with Crippen molar-refractivity contribution in [3.8, 4) is 5.82 Å². The number of nitrogens with one attached hydrogen (secondary N) is 2. The first-order valence-corrected chi connectivity index (χ1v) is 11.8. The third-order valence-corrected chi connectivity index (χ3v) is 6.15. The van der Waals surface area contributed by atoms with Crippen molar-refractivity contribution in [3.05, 3.63) is 42.1 Å². The predicted octanol–water partition coefficient (Wildman–Crippen LogP) is 4.07. The first-order valence-electron chi connectivity index (χ1n) is 11.8. The molecule has 2 N–H and O–H groups in total. The van der Waals surface area contributed by atoms with Crippen LogP contribution in [0.3, 0.4) is 0 Å². The van der Waals surface area contributed by atoms with Gasteiger partial charge in [-0.3, -0.25) is 4.57 Å². The summed E-state index contributed by atoms with van der Waals surface area (Å²) in [5, 5.41) is 6.57. The summed E-state index contributed by atoms with van der Waals surface area (Å²) in [6, 6.07) is 12.9. The molecule has 1 aromatic carbocycles. The number of amides is 1. The molecular formula is C25H36N6O2. The number of para-hydroxylation sites is 2. The summed E-state index contributed by atoms with van der Waals surface area (Å²) >= 11 is 0. The fourth-order valence-corrected chi connectivity index (χ4v) is 4.29. The van der Waals surface area contributed by atoms with E-state index in [9.17, 15) is 4.79 Å².